The second kappa shape index (κ2) is 6.86. The SMILES string of the molecule is CCNCc1sc2cccc(F)c2c1COC(C)(C)CC. The van der Waals surface area contributed by atoms with E-state index in [1.165, 1.54) is 10.9 Å². The molecule has 0 spiro atoms. The Kier molecular flexibility index (Phi) is 5.36. The van der Waals surface area contributed by atoms with Gasteiger partial charge in [0.1, 0.15) is 5.82 Å². The third kappa shape index (κ3) is 3.82. The van der Waals surface area contributed by atoms with Crippen molar-refractivity contribution < 1.29 is 9.13 Å². The first-order valence-corrected chi connectivity index (χ1v) is 8.33. The highest BCUT2D eigenvalue weighted by atomic mass is 32.1. The van der Waals surface area contributed by atoms with E-state index in [0.717, 1.165) is 35.2 Å². The molecule has 0 saturated heterocycles. The molecule has 1 aromatic carbocycles. The lowest BCUT2D eigenvalue weighted by atomic mass is 10.1. The molecular weight excluding hydrogens is 285 g/mol. The average molecular weight is 309 g/mol. The Balaban J connectivity index is 2.37. The molecule has 1 N–H and O–H groups in total. The van der Waals surface area contributed by atoms with Crippen molar-refractivity contribution in [1.29, 1.82) is 0 Å². The number of ether oxygens (including phenoxy) is 1. The van der Waals surface area contributed by atoms with E-state index in [4.69, 9.17) is 4.74 Å². The molecule has 0 aliphatic rings. The summed E-state index contributed by atoms with van der Waals surface area (Å²) in [6.45, 7) is 10.4. The van der Waals surface area contributed by atoms with E-state index in [-0.39, 0.29) is 11.4 Å². The molecule has 0 saturated carbocycles. The normalized spacial score (nSPS) is 12.2. The molecule has 0 atom stereocenters. The Morgan fingerprint density at radius 3 is 2.71 bits per heavy atom. The molecule has 2 rings (SSSR count). The third-order valence-electron chi connectivity index (χ3n) is 3.84. The molecule has 4 heteroatoms. The highest BCUT2D eigenvalue weighted by Gasteiger charge is 2.20. The molecule has 0 unspecified atom stereocenters. The molecule has 2 nitrogen and oxygen atoms in total. The number of halogens is 1. The van der Waals surface area contributed by atoms with Crippen LogP contribution in [0.1, 0.15) is 44.6 Å². The van der Waals surface area contributed by atoms with Crippen LogP contribution in [-0.2, 0) is 17.9 Å². The first kappa shape index (κ1) is 16.4. The topological polar surface area (TPSA) is 21.3 Å². The quantitative estimate of drug-likeness (QED) is 0.789. The first-order chi connectivity index (χ1) is 9.98. The molecule has 1 heterocycles. The zero-order valence-electron chi connectivity index (χ0n) is 13.3. The maximum Gasteiger partial charge on any atom is 0.132 e. The van der Waals surface area contributed by atoms with E-state index in [9.17, 15) is 4.39 Å². The number of fused-ring (bicyclic) bond motifs is 1. The van der Waals surface area contributed by atoms with E-state index in [2.05, 4.69) is 33.0 Å². The molecule has 21 heavy (non-hydrogen) atoms. The predicted molar refractivity (Wildman–Crippen MR) is 88.3 cm³/mol. The van der Waals surface area contributed by atoms with Crippen molar-refractivity contribution in [2.75, 3.05) is 6.54 Å². The van der Waals surface area contributed by atoms with E-state index in [1.54, 1.807) is 17.4 Å². The van der Waals surface area contributed by atoms with Crippen LogP contribution >= 0.6 is 11.3 Å². The molecule has 0 aliphatic heterocycles. The summed E-state index contributed by atoms with van der Waals surface area (Å²) < 4.78 is 21.2. The Hall–Kier alpha value is -0.970. The summed E-state index contributed by atoms with van der Waals surface area (Å²) in [7, 11) is 0. The van der Waals surface area contributed by atoms with E-state index in [0.29, 0.717) is 6.61 Å². The summed E-state index contributed by atoms with van der Waals surface area (Å²) in [6, 6.07) is 5.28. The molecule has 0 bridgehead atoms. The fourth-order valence-electron chi connectivity index (χ4n) is 2.12. The van der Waals surface area contributed by atoms with Gasteiger partial charge in [0, 0.05) is 27.1 Å². The third-order valence-corrected chi connectivity index (χ3v) is 5.04. The van der Waals surface area contributed by atoms with Crippen LogP contribution in [-0.4, -0.2) is 12.1 Å². The van der Waals surface area contributed by atoms with E-state index < -0.39 is 0 Å². The van der Waals surface area contributed by atoms with Gasteiger partial charge in [-0.15, -0.1) is 11.3 Å². The lowest BCUT2D eigenvalue weighted by Crippen LogP contribution is -2.23. The predicted octanol–water partition coefficient (Wildman–Crippen LogP) is 4.86. The molecule has 116 valence electrons. The molecule has 1 aromatic heterocycles. The molecule has 0 radical (unpaired) electrons. The van der Waals surface area contributed by atoms with Gasteiger partial charge in [0.25, 0.3) is 0 Å². The van der Waals surface area contributed by atoms with Gasteiger partial charge in [0.15, 0.2) is 0 Å². The Labute approximate surface area is 130 Å². The van der Waals surface area contributed by atoms with Crippen molar-refractivity contribution in [3.63, 3.8) is 0 Å². The summed E-state index contributed by atoms with van der Waals surface area (Å²) in [6.07, 6.45) is 0.931. The van der Waals surface area contributed by atoms with Crippen LogP contribution in [0.2, 0.25) is 0 Å². The maximum absolute atomic E-state index is 14.2. The van der Waals surface area contributed by atoms with Gasteiger partial charge in [0.05, 0.1) is 12.2 Å². The average Bonchev–Trinajstić information content (AvgIpc) is 2.82. The summed E-state index contributed by atoms with van der Waals surface area (Å²) in [5.74, 6) is -0.153. The lowest BCUT2D eigenvalue weighted by molar-refractivity contribution is -0.0313. The number of thiophene rings is 1. The van der Waals surface area contributed by atoms with E-state index >= 15 is 0 Å². The molecule has 0 aliphatic carbocycles. The standard InChI is InChI=1S/C17H24FNOS/c1-5-17(3,4)20-11-12-15(10-19-6-2)21-14-9-7-8-13(18)16(12)14/h7-9,19H,5-6,10-11H2,1-4H3. The van der Waals surface area contributed by atoms with Gasteiger partial charge in [-0.25, -0.2) is 4.39 Å². The molecular formula is C17H24FNOS. The minimum atomic E-state index is -0.186. The monoisotopic (exact) mass is 309 g/mol. The highest BCUT2D eigenvalue weighted by Crippen LogP contribution is 2.34. The van der Waals surface area contributed by atoms with Gasteiger partial charge in [-0.1, -0.05) is 19.9 Å². The Bertz CT molecular complexity index is 606. The number of nitrogens with one attached hydrogen (secondary N) is 1. The summed E-state index contributed by atoms with van der Waals surface area (Å²) >= 11 is 1.65. The fourth-order valence-corrected chi connectivity index (χ4v) is 3.31. The maximum atomic E-state index is 14.2. The van der Waals surface area contributed by atoms with Crippen LogP contribution in [0.15, 0.2) is 18.2 Å². The van der Waals surface area contributed by atoms with Crippen LogP contribution in [0.5, 0.6) is 0 Å². The smallest absolute Gasteiger partial charge is 0.132 e. The number of hydrogen-bond acceptors (Lipinski definition) is 3. The minimum absolute atomic E-state index is 0.153. The van der Waals surface area contributed by atoms with Crippen molar-refractivity contribution in [2.24, 2.45) is 0 Å². The van der Waals surface area contributed by atoms with Crippen molar-refractivity contribution >= 4 is 21.4 Å². The van der Waals surface area contributed by atoms with Gasteiger partial charge in [-0.05, 0) is 38.9 Å². The summed E-state index contributed by atoms with van der Waals surface area (Å²) in [4.78, 5) is 1.17. The number of rotatable bonds is 7. The van der Waals surface area contributed by atoms with Gasteiger partial charge < -0.3 is 10.1 Å². The zero-order valence-corrected chi connectivity index (χ0v) is 14.1. The summed E-state index contributed by atoms with van der Waals surface area (Å²) in [5, 5.41) is 4.05. The minimum Gasteiger partial charge on any atom is -0.371 e. The largest absolute Gasteiger partial charge is 0.371 e. The first-order valence-electron chi connectivity index (χ1n) is 7.52. The second-order valence-corrected chi connectivity index (χ2v) is 6.94. The molecule has 0 amide bonds. The molecule has 2 aromatic rings. The van der Waals surface area contributed by atoms with Crippen LogP contribution < -0.4 is 5.32 Å². The van der Waals surface area contributed by atoms with E-state index in [1.807, 2.05) is 6.07 Å². The second-order valence-electron chi connectivity index (χ2n) is 5.80. The van der Waals surface area contributed by atoms with Gasteiger partial charge >= 0.3 is 0 Å². The van der Waals surface area contributed by atoms with Gasteiger partial charge in [0.2, 0.25) is 0 Å². The fraction of sp³-hybridized carbons (Fsp3) is 0.529. The van der Waals surface area contributed by atoms with Crippen molar-refractivity contribution in [3.05, 3.63) is 34.5 Å². The van der Waals surface area contributed by atoms with Gasteiger partial charge in [-0.2, -0.15) is 0 Å². The van der Waals surface area contributed by atoms with Crippen LogP contribution in [0.3, 0.4) is 0 Å². The number of benzene rings is 1. The zero-order chi connectivity index (χ0) is 15.5. The highest BCUT2D eigenvalue weighted by molar-refractivity contribution is 7.19. The molecule has 0 fully saturated rings. The van der Waals surface area contributed by atoms with Crippen molar-refractivity contribution in [2.45, 2.75) is 52.9 Å². The Morgan fingerprint density at radius 2 is 2.05 bits per heavy atom. The van der Waals surface area contributed by atoms with Gasteiger partial charge in [-0.3, -0.25) is 0 Å². The van der Waals surface area contributed by atoms with Crippen LogP contribution in [0, 0.1) is 5.82 Å². The van der Waals surface area contributed by atoms with Crippen molar-refractivity contribution in [3.8, 4) is 0 Å². The van der Waals surface area contributed by atoms with Crippen LogP contribution in [0.4, 0.5) is 4.39 Å². The summed E-state index contributed by atoms with van der Waals surface area (Å²) in [5.41, 5.74) is 0.810. The lowest BCUT2D eigenvalue weighted by Gasteiger charge is -2.23. The van der Waals surface area contributed by atoms with Crippen molar-refractivity contribution in [1.82, 2.24) is 5.32 Å². The Morgan fingerprint density at radius 1 is 1.29 bits per heavy atom. The van der Waals surface area contributed by atoms with Crippen LogP contribution in [0.25, 0.3) is 10.1 Å². The number of hydrogen-bond donors (Lipinski definition) is 1.